The maximum absolute atomic E-state index is 12.6. The van der Waals surface area contributed by atoms with E-state index in [-0.39, 0.29) is 18.3 Å². The van der Waals surface area contributed by atoms with Crippen LogP contribution in [0.25, 0.3) is 0 Å². The highest BCUT2D eigenvalue weighted by molar-refractivity contribution is 6.99. The van der Waals surface area contributed by atoms with E-state index in [0.717, 1.165) is 10.4 Å². The zero-order valence-electron chi connectivity index (χ0n) is 21.0. The number of fused-ring (bicyclic) bond motifs is 2. The van der Waals surface area contributed by atoms with E-state index in [4.69, 9.17) is 13.9 Å². The van der Waals surface area contributed by atoms with Crippen molar-refractivity contribution in [2.75, 3.05) is 13.2 Å². The summed E-state index contributed by atoms with van der Waals surface area (Å²) in [4.78, 5) is 14.0. The molecule has 5 unspecified atom stereocenters. The number of nitrogens with one attached hydrogen (secondary N) is 1. The second kappa shape index (κ2) is 9.09. The zero-order valence-corrected chi connectivity index (χ0v) is 22.0. The zero-order chi connectivity index (χ0) is 25.7. The molecule has 0 aromatic heterocycles. The SMILES string of the molecule is CC1=CN(C2OC3(CO[Si](c4ccccc4)(c4ccccc4)C(C)(C)C)COC2C3O)C(=O)NC1O. The average molecular weight is 511 g/mol. The number of hydrogen-bond acceptors (Lipinski definition) is 6. The van der Waals surface area contributed by atoms with E-state index in [2.05, 4.69) is 50.4 Å². The van der Waals surface area contributed by atoms with Gasteiger partial charge in [0.1, 0.15) is 17.8 Å². The molecular formula is C27H34N2O6Si. The Morgan fingerprint density at radius 2 is 1.67 bits per heavy atom. The third-order valence-electron chi connectivity index (χ3n) is 7.50. The van der Waals surface area contributed by atoms with Crippen molar-refractivity contribution in [2.45, 2.75) is 63.0 Å². The molecule has 0 spiro atoms. The van der Waals surface area contributed by atoms with Crippen molar-refractivity contribution >= 4 is 24.7 Å². The maximum atomic E-state index is 12.6. The van der Waals surface area contributed by atoms with Crippen molar-refractivity contribution in [3.63, 3.8) is 0 Å². The average Bonchev–Trinajstić information content (AvgIpc) is 3.31. The van der Waals surface area contributed by atoms with Crippen molar-refractivity contribution in [1.29, 1.82) is 0 Å². The smallest absolute Gasteiger partial charge is 0.325 e. The van der Waals surface area contributed by atoms with Gasteiger partial charge in [0.25, 0.3) is 8.32 Å². The fraction of sp³-hybridized carbons (Fsp3) is 0.444. The maximum Gasteiger partial charge on any atom is 0.325 e. The van der Waals surface area contributed by atoms with Crippen LogP contribution in [0.1, 0.15) is 27.7 Å². The molecular weight excluding hydrogens is 476 g/mol. The van der Waals surface area contributed by atoms with E-state index in [1.165, 1.54) is 4.90 Å². The molecule has 2 amide bonds. The first-order valence-electron chi connectivity index (χ1n) is 12.3. The number of hydrogen-bond donors (Lipinski definition) is 3. The molecule has 192 valence electrons. The van der Waals surface area contributed by atoms with Crippen LogP contribution in [-0.4, -0.2) is 72.9 Å². The molecule has 5 rings (SSSR count). The Hall–Kier alpha value is -2.53. The first-order chi connectivity index (χ1) is 17.1. The molecule has 3 aliphatic rings. The number of urea groups is 1. The Balaban J connectivity index is 1.49. The number of nitrogens with zero attached hydrogens (tertiary/aromatic N) is 1. The lowest BCUT2D eigenvalue weighted by Crippen LogP contribution is -2.68. The first-order valence-corrected chi connectivity index (χ1v) is 14.2. The molecule has 2 saturated heterocycles. The van der Waals surface area contributed by atoms with Gasteiger partial charge in [-0.3, -0.25) is 4.90 Å². The molecule has 3 N–H and O–H groups in total. The largest absolute Gasteiger partial charge is 0.404 e. The number of carbonyl (C=O) groups is 1. The van der Waals surface area contributed by atoms with Gasteiger partial charge in [-0.1, -0.05) is 81.4 Å². The molecule has 2 aromatic carbocycles. The van der Waals surface area contributed by atoms with E-state index in [0.29, 0.717) is 5.57 Å². The van der Waals surface area contributed by atoms with Crippen molar-refractivity contribution in [1.82, 2.24) is 10.2 Å². The van der Waals surface area contributed by atoms with Crippen molar-refractivity contribution in [3.8, 4) is 0 Å². The summed E-state index contributed by atoms with van der Waals surface area (Å²) in [6.07, 6.45) is -2.04. The van der Waals surface area contributed by atoms with Crippen LogP contribution in [0.5, 0.6) is 0 Å². The Morgan fingerprint density at radius 1 is 1.08 bits per heavy atom. The van der Waals surface area contributed by atoms with E-state index in [1.807, 2.05) is 36.4 Å². The van der Waals surface area contributed by atoms with Crippen LogP contribution in [0.2, 0.25) is 5.04 Å². The van der Waals surface area contributed by atoms with E-state index < -0.39 is 44.6 Å². The van der Waals surface area contributed by atoms with Gasteiger partial charge in [0.2, 0.25) is 0 Å². The van der Waals surface area contributed by atoms with E-state index in [1.54, 1.807) is 13.1 Å². The number of aliphatic hydroxyl groups is 2. The molecule has 9 heteroatoms. The molecule has 2 aromatic rings. The molecule has 0 saturated carbocycles. The van der Waals surface area contributed by atoms with Gasteiger partial charge in [-0.15, -0.1) is 0 Å². The van der Waals surface area contributed by atoms with Gasteiger partial charge in [0.15, 0.2) is 12.5 Å². The molecule has 8 nitrogen and oxygen atoms in total. The van der Waals surface area contributed by atoms with Gasteiger partial charge in [-0.05, 0) is 27.9 Å². The van der Waals surface area contributed by atoms with E-state index >= 15 is 0 Å². The molecule has 2 fully saturated rings. The minimum Gasteiger partial charge on any atom is -0.404 e. The quantitative estimate of drug-likeness (QED) is 0.511. The van der Waals surface area contributed by atoms with Gasteiger partial charge < -0.3 is 29.4 Å². The van der Waals surface area contributed by atoms with Crippen LogP contribution in [0.3, 0.4) is 0 Å². The summed E-state index contributed by atoms with van der Waals surface area (Å²) < 4.78 is 19.4. The highest BCUT2D eigenvalue weighted by Gasteiger charge is 2.64. The topological polar surface area (TPSA) is 100 Å². The number of ether oxygens (including phenoxy) is 2. The summed E-state index contributed by atoms with van der Waals surface area (Å²) in [5.41, 5.74) is -0.561. The number of aliphatic hydroxyl groups excluding tert-OH is 2. The summed E-state index contributed by atoms with van der Waals surface area (Å²) in [5, 5.41) is 25.7. The first kappa shape index (κ1) is 25.1. The summed E-state index contributed by atoms with van der Waals surface area (Å²) in [6.45, 7) is 8.55. The van der Waals surface area contributed by atoms with E-state index in [9.17, 15) is 15.0 Å². The molecule has 0 radical (unpaired) electrons. The molecule has 5 atom stereocenters. The van der Waals surface area contributed by atoms with Crippen LogP contribution in [0.4, 0.5) is 4.79 Å². The van der Waals surface area contributed by atoms with Crippen LogP contribution < -0.4 is 15.7 Å². The molecule has 0 aliphatic carbocycles. The normalized spacial score (nSPS) is 30.3. The third-order valence-corrected chi connectivity index (χ3v) is 12.5. The Labute approximate surface area is 212 Å². The summed E-state index contributed by atoms with van der Waals surface area (Å²) in [7, 11) is -2.87. The molecule has 3 heterocycles. The predicted molar refractivity (Wildman–Crippen MR) is 137 cm³/mol. The highest BCUT2D eigenvalue weighted by atomic mass is 28.4. The second-order valence-corrected chi connectivity index (χ2v) is 15.2. The highest BCUT2D eigenvalue weighted by Crippen LogP contribution is 2.44. The van der Waals surface area contributed by atoms with Crippen LogP contribution >= 0.6 is 0 Å². The summed E-state index contributed by atoms with van der Waals surface area (Å²) >= 11 is 0. The number of benzene rings is 2. The minimum atomic E-state index is -2.87. The van der Waals surface area contributed by atoms with Crippen molar-refractivity contribution in [3.05, 3.63) is 72.4 Å². The van der Waals surface area contributed by atoms with Gasteiger partial charge in [-0.25, -0.2) is 4.79 Å². The monoisotopic (exact) mass is 510 g/mol. The van der Waals surface area contributed by atoms with Crippen molar-refractivity contribution < 1.29 is 28.9 Å². The summed E-state index contributed by atoms with van der Waals surface area (Å²) in [5.74, 6) is 0. The van der Waals surface area contributed by atoms with Crippen LogP contribution in [-0.2, 0) is 13.9 Å². The molecule has 3 aliphatic heterocycles. The van der Waals surface area contributed by atoms with Gasteiger partial charge in [0, 0.05) is 6.20 Å². The predicted octanol–water partition coefficient (Wildman–Crippen LogP) is 1.67. The standard InChI is InChI=1S/C27H34N2O6Si/c1-18-15-29(25(32)28-23(18)31)24-21-22(30)27(35-24,16-33-21)17-34-36(26(2,3)4,19-11-7-5-8-12-19)20-13-9-6-10-14-20/h5-15,21-24,30-31H,16-17H2,1-4H3,(H,28,32). The molecule has 2 bridgehead atoms. The summed E-state index contributed by atoms with van der Waals surface area (Å²) in [6, 6.07) is 20.0. The lowest BCUT2D eigenvalue weighted by molar-refractivity contribution is -0.188. The van der Waals surface area contributed by atoms with Crippen LogP contribution in [0.15, 0.2) is 72.4 Å². The number of carbonyl (C=O) groups excluding carboxylic acids is 1. The number of rotatable bonds is 6. The fourth-order valence-electron chi connectivity index (χ4n) is 5.57. The fourth-order valence-corrected chi connectivity index (χ4v) is 10.2. The Morgan fingerprint density at radius 3 is 2.22 bits per heavy atom. The van der Waals surface area contributed by atoms with Crippen molar-refractivity contribution in [2.24, 2.45) is 0 Å². The Kier molecular flexibility index (Phi) is 6.35. The van der Waals surface area contributed by atoms with Gasteiger partial charge in [-0.2, -0.15) is 0 Å². The van der Waals surface area contributed by atoms with Gasteiger partial charge >= 0.3 is 6.03 Å². The lowest BCUT2D eigenvalue weighted by atomic mass is 10.0. The lowest BCUT2D eigenvalue weighted by Gasteiger charge is -2.45. The molecule has 36 heavy (non-hydrogen) atoms. The second-order valence-electron chi connectivity index (χ2n) is 10.9. The number of amides is 2. The Bertz CT molecular complexity index is 1100. The van der Waals surface area contributed by atoms with Gasteiger partial charge in [0.05, 0.1) is 13.2 Å². The minimum absolute atomic E-state index is 0.106. The van der Waals surface area contributed by atoms with Crippen LogP contribution in [0, 0.1) is 0 Å². The third kappa shape index (κ3) is 3.91.